The van der Waals surface area contributed by atoms with Gasteiger partial charge in [-0.2, -0.15) is 4.37 Å². The summed E-state index contributed by atoms with van der Waals surface area (Å²) in [6.07, 6.45) is 1.03. The number of benzene rings is 2. The van der Waals surface area contributed by atoms with Gasteiger partial charge in [-0.3, -0.25) is 9.69 Å². The maximum atomic E-state index is 12.9. The lowest BCUT2D eigenvalue weighted by atomic mass is 9.80. The van der Waals surface area contributed by atoms with E-state index in [1.807, 2.05) is 0 Å². The second kappa shape index (κ2) is 7.42. The van der Waals surface area contributed by atoms with Crippen molar-refractivity contribution in [2.24, 2.45) is 0 Å². The molecule has 5 heteroatoms. The molecule has 1 aliphatic heterocycles. The summed E-state index contributed by atoms with van der Waals surface area (Å²) in [6, 6.07) is 15.2. The van der Waals surface area contributed by atoms with Crippen molar-refractivity contribution in [3.05, 3.63) is 59.2 Å². The summed E-state index contributed by atoms with van der Waals surface area (Å²) in [5.41, 5.74) is 2.99. The van der Waals surface area contributed by atoms with Crippen LogP contribution >= 0.6 is 11.5 Å². The summed E-state index contributed by atoms with van der Waals surface area (Å²) in [7, 11) is 0. The molecule has 0 atom stereocenters. The molecule has 0 radical (unpaired) electrons. The number of ketones is 1. The highest BCUT2D eigenvalue weighted by atomic mass is 32.1. The van der Waals surface area contributed by atoms with Gasteiger partial charge < -0.3 is 4.90 Å². The van der Waals surface area contributed by atoms with Crippen LogP contribution in [-0.2, 0) is 22.0 Å². The number of fused-ring (bicyclic) bond motifs is 2. The monoisotopic (exact) mass is 433 g/mol. The van der Waals surface area contributed by atoms with Gasteiger partial charge in [0.05, 0.1) is 4.70 Å². The van der Waals surface area contributed by atoms with Crippen molar-refractivity contribution >= 4 is 33.2 Å². The predicted octanol–water partition coefficient (Wildman–Crippen LogP) is 4.80. The predicted molar refractivity (Wildman–Crippen MR) is 129 cm³/mol. The normalized spacial score (nSPS) is 20.4. The smallest absolute Gasteiger partial charge is 0.152 e. The zero-order valence-corrected chi connectivity index (χ0v) is 19.8. The van der Waals surface area contributed by atoms with E-state index in [1.165, 1.54) is 26.8 Å². The minimum atomic E-state index is -0.392. The number of anilines is 1. The Bertz CT molecular complexity index is 1140. The molecule has 2 aliphatic rings. The van der Waals surface area contributed by atoms with Crippen molar-refractivity contribution in [1.82, 2.24) is 9.27 Å². The number of piperazine rings is 1. The molecule has 162 valence electrons. The molecule has 4 nitrogen and oxygen atoms in total. The number of carbonyl (C=O) groups excluding carboxylic acids is 1. The maximum Gasteiger partial charge on any atom is 0.152 e. The molecule has 31 heavy (non-hydrogen) atoms. The summed E-state index contributed by atoms with van der Waals surface area (Å²) in [6.45, 7) is 13.5. The first-order valence-corrected chi connectivity index (χ1v) is 12.1. The number of hydrogen-bond donors (Lipinski definition) is 0. The number of hydrogen-bond acceptors (Lipinski definition) is 5. The minimum Gasteiger partial charge on any atom is -0.353 e. The molecule has 0 unspecified atom stereocenters. The van der Waals surface area contributed by atoms with Gasteiger partial charge in [0.15, 0.2) is 5.78 Å². The summed E-state index contributed by atoms with van der Waals surface area (Å²) in [5, 5.41) is 1.28. The third-order valence-electron chi connectivity index (χ3n) is 7.31. The van der Waals surface area contributed by atoms with Crippen LogP contribution in [-0.4, -0.2) is 47.8 Å². The fraction of sp³-hybridized carbons (Fsp3) is 0.462. The fourth-order valence-electron chi connectivity index (χ4n) is 5.41. The Hall–Kier alpha value is -2.24. The lowest BCUT2D eigenvalue weighted by Crippen LogP contribution is -2.47. The Labute approximate surface area is 189 Å². The Balaban J connectivity index is 1.23. The molecule has 1 fully saturated rings. The van der Waals surface area contributed by atoms with Crippen molar-refractivity contribution in [3.8, 4) is 0 Å². The summed E-state index contributed by atoms with van der Waals surface area (Å²) in [5.74, 6) is 1.48. The SMILES string of the molecule is CC1(C)C(=O)C(C)(C)c2cc(CCN3CCN(c4nsc5ccccc45)CC3)ccc21. The van der Waals surface area contributed by atoms with Gasteiger partial charge in [-0.25, -0.2) is 0 Å². The average Bonchev–Trinajstić information content (AvgIpc) is 3.26. The maximum absolute atomic E-state index is 12.9. The van der Waals surface area contributed by atoms with E-state index >= 15 is 0 Å². The lowest BCUT2D eigenvalue weighted by Gasteiger charge is -2.35. The van der Waals surface area contributed by atoms with Crippen LogP contribution in [0.2, 0.25) is 0 Å². The highest BCUT2D eigenvalue weighted by molar-refractivity contribution is 7.13. The summed E-state index contributed by atoms with van der Waals surface area (Å²) < 4.78 is 5.99. The Morgan fingerprint density at radius 1 is 0.935 bits per heavy atom. The second-order valence-corrected chi connectivity index (χ2v) is 10.8. The highest BCUT2D eigenvalue weighted by Crippen LogP contribution is 2.46. The fourth-order valence-corrected chi connectivity index (χ4v) is 6.20. The van der Waals surface area contributed by atoms with Gasteiger partial charge in [-0.05, 0) is 74.5 Å². The Morgan fingerprint density at radius 2 is 1.65 bits per heavy atom. The standard InChI is InChI=1S/C26H31N3OS/c1-25(2)20-10-9-18(17-21(20)26(3,4)24(25)30)11-12-28-13-15-29(16-14-28)23-19-7-5-6-8-22(19)31-27-23/h5-10,17H,11-16H2,1-4H3. The van der Waals surface area contributed by atoms with Crippen molar-refractivity contribution in [2.75, 3.05) is 37.6 Å². The van der Waals surface area contributed by atoms with Crippen LogP contribution in [0.1, 0.15) is 44.4 Å². The number of carbonyl (C=O) groups is 1. The molecule has 5 rings (SSSR count). The average molecular weight is 434 g/mol. The van der Waals surface area contributed by atoms with E-state index in [4.69, 9.17) is 4.37 Å². The minimum absolute atomic E-state index is 0.331. The van der Waals surface area contributed by atoms with Crippen LogP contribution < -0.4 is 4.90 Å². The molecule has 0 N–H and O–H groups in total. The molecule has 2 heterocycles. The second-order valence-electron chi connectivity index (χ2n) is 10.0. The third-order valence-corrected chi connectivity index (χ3v) is 8.13. The molecular weight excluding hydrogens is 402 g/mol. The van der Waals surface area contributed by atoms with Gasteiger partial charge >= 0.3 is 0 Å². The Morgan fingerprint density at radius 3 is 2.42 bits per heavy atom. The topological polar surface area (TPSA) is 36.4 Å². The number of rotatable bonds is 4. The van der Waals surface area contributed by atoms with Gasteiger partial charge in [0.2, 0.25) is 0 Å². The van der Waals surface area contributed by atoms with E-state index in [9.17, 15) is 4.79 Å². The van der Waals surface area contributed by atoms with Crippen molar-refractivity contribution in [2.45, 2.75) is 44.9 Å². The van der Waals surface area contributed by atoms with Crippen molar-refractivity contribution in [1.29, 1.82) is 0 Å². The van der Waals surface area contributed by atoms with E-state index < -0.39 is 5.41 Å². The summed E-state index contributed by atoms with van der Waals surface area (Å²) >= 11 is 1.60. The van der Waals surface area contributed by atoms with Crippen LogP contribution in [0.5, 0.6) is 0 Å². The summed E-state index contributed by atoms with van der Waals surface area (Å²) in [4.78, 5) is 17.9. The van der Waals surface area contributed by atoms with E-state index in [0.29, 0.717) is 5.78 Å². The number of aromatic nitrogens is 1. The van der Waals surface area contributed by atoms with E-state index in [1.54, 1.807) is 11.5 Å². The Kier molecular flexibility index (Phi) is 4.94. The third kappa shape index (κ3) is 3.39. The van der Waals surface area contributed by atoms with Crippen LogP contribution in [0.4, 0.5) is 5.82 Å². The molecule has 1 aromatic heterocycles. The number of nitrogens with zero attached hydrogens (tertiary/aromatic N) is 3. The molecule has 0 amide bonds. The zero-order valence-electron chi connectivity index (χ0n) is 18.9. The first-order valence-electron chi connectivity index (χ1n) is 11.3. The van der Waals surface area contributed by atoms with Crippen LogP contribution in [0.15, 0.2) is 42.5 Å². The zero-order chi connectivity index (χ0) is 21.8. The first-order chi connectivity index (χ1) is 14.8. The van der Waals surface area contributed by atoms with Gasteiger partial charge in [0.25, 0.3) is 0 Å². The van der Waals surface area contributed by atoms with E-state index in [2.05, 4.69) is 80.0 Å². The quantitative estimate of drug-likeness (QED) is 0.592. The first kappa shape index (κ1) is 20.7. The highest BCUT2D eigenvalue weighted by Gasteiger charge is 2.50. The van der Waals surface area contributed by atoms with Crippen LogP contribution in [0, 0.1) is 0 Å². The van der Waals surface area contributed by atoms with Gasteiger partial charge in [0, 0.05) is 48.9 Å². The molecule has 2 aromatic carbocycles. The van der Waals surface area contributed by atoms with Crippen LogP contribution in [0.25, 0.3) is 10.1 Å². The largest absolute Gasteiger partial charge is 0.353 e. The number of Topliss-reactive ketones (excluding diaryl/α,β-unsaturated/α-hetero) is 1. The van der Waals surface area contributed by atoms with Gasteiger partial charge in [-0.15, -0.1) is 0 Å². The van der Waals surface area contributed by atoms with Gasteiger partial charge in [0.1, 0.15) is 5.82 Å². The molecule has 0 bridgehead atoms. The molecule has 0 saturated carbocycles. The molecule has 1 aliphatic carbocycles. The molecule has 0 spiro atoms. The van der Waals surface area contributed by atoms with Crippen molar-refractivity contribution < 1.29 is 4.79 Å². The lowest BCUT2D eigenvalue weighted by molar-refractivity contribution is -0.126. The van der Waals surface area contributed by atoms with E-state index in [0.717, 1.165) is 45.0 Å². The van der Waals surface area contributed by atoms with Gasteiger partial charge in [-0.1, -0.05) is 30.3 Å². The van der Waals surface area contributed by atoms with E-state index in [-0.39, 0.29) is 5.41 Å². The molecule has 3 aromatic rings. The molecular formula is C26H31N3OS. The van der Waals surface area contributed by atoms with Crippen LogP contribution in [0.3, 0.4) is 0 Å². The molecule has 1 saturated heterocycles. The van der Waals surface area contributed by atoms with Crippen molar-refractivity contribution in [3.63, 3.8) is 0 Å².